The number of aromatic nitrogens is 1. The normalized spacial score (nSPS) is 9.90. The van der Waals surface area contributed by atoms with Crippen molar-refractivity contribution in [2.24, 2.45) is 0 Å². The van der Waals surface area contributed by atoms with Crippen LogP contribution in [0.5, 0.6) is 0 Å². The van der Waals surface area contributed by atoms with Gasteiger partial charge in [-0.1, -0.05) is 6.07 Å². The fraction of sp³-hybridized carbons (Fsp3) is 0.133. The van der Waals surface area contributed by atoms with E-state index in [1.165, 1.54) is 6.92 Å². The fourth-order valence-corrected chi connectivity index (χ4v) is 1.73. The number of benzene rings is 1. The van der Waals surface area contributed by atoms with Crippen LogP contribution >= 0.6 is 0 Å². The number of rotatable bonds is 3. The predicted molar refractivity (Wildman–Crippen MR) is 77.7 cm³/mol. The number of carbonyl (C=O) groups excluding carboxylic acids is 2. The van der Waals surface area contributed by atoms with Gasteiger partial charge < -0.3 is 10.6 Å². The van der Waals surface area contributed by atoms with E-state index in [1.54, 1.807) is 36.5 Å². The molecule has 2 aromatic rings. The van der Waals surface area contributed by atoms with Crippen LogP contribution in [0.1, 0.15) is 23.0 Å². The van der Waals surface area contributed by atoms with Crippen molar-refractivity contribution in [3.05, 3.63) is 53.9 Å². The topological polar surface area (TPSA) is 71.1 Å². The van der Waals surface area contributed by atoms with E-state index in [0.29, 0.717) is 17.1 Å². The summed E-state index contributed by atoms with van der Waals surface area (Å²) in [5, 5.41) is 5.41. The Hall–Kier alpha value is -2.69. The molecule has 1 heterocycles. The van der Waals surface area contributed by atoms with Crippen LogP contribution in [0, 0.1) is 6.92 Å². The summed E-state index contributed by atoms with van der Waals surface area (Å²) in [6, 6.07) is 10.5. The molecule has 0 atom stereocenters. The Labute approximate surface area is 117 Å². The van der Waals surface area contributed by atoms with Gasteiger partial charge in [-0.05, 0) is 42.8 Å². The van der Waals surface area contributed by atoms with Crippen molar-refractivity contribution in [2.45, 2.75) is 13.8 Å². The molecule has 1 aromatic carbocycles. The third-order valence-electron chi connectivity index (χ3n) is 2.59. The third kappa shape index (κ3) is 3.65. The van der Waals surface area contributed by atoms with Gasteiger partial charge >= 0.3 is 0 Å². The minimum atomic E-state index is -0.284. The van der Waals surface area contributed by atoms with Crippen molar-refractivity contribution in [3.8, 4) is 0 Å². The summed E-state index contributed by atoms with van der Waals surface area (Å²) in [7, 11) is 0. The van der Waals surface area contributed by atoms with Gasteiger partial charge in [0.2, 0.25) is 5.91 Å². The van der Waals surface area contributed by atoms with Crippen LogP contribution < -0.4 is 10.6 Å². The molecule has 0 bridgehead atoms. The maximum atomic E-state index is 12.0. The summed E-state index contributed by atoms with van der Waals surface area (Å²) < 4.78 is 0. The average molecular weight is 269 g/mol. The van der Waals surface area contributed by atoms with Gasteiger partial charge in [0.15, 0.2) is 0 Å². The van der Waals surface area contributed by atoms with E-state index in [2.05, 4.69) is 15.6 Å². The quantitative estimate of drug-likeness (QED) is 0.899. The molecule has 102 valence electrons. The summed E-state index contributed by atoms with van der Waals surface area (Å²) in [5.74, 6) is -0.442. The zero-order chi connectivity index (χ0) is 14.5. The molecular weight excluding hydrogens is 254 g/mol. The molecule has 0 aliphatic carbocycles. The Bertz CT molecular complexity index is 653. The summed E-state index contributed by atoms with van der Waals surface area (Å²) in [4.78, 5) is 27.1. The molecule has 1 aromatic heterocycles. The number of hydrogen-bond donors (Lipinski definition) is 2. The molecule has 20 heavy (non-hydrogen) atoms. The summed E-state index contributed by atoms with van der Waals surface area (Å²) >= 11 is 0. The molecule has 0 radical (unpaired) electrons. The molecule has 0 saturated carbocycles. The van der Waals surface area contributed by atoms with Crippen molar-refractivity contribution in [1.29, 1.82) is 0 Å². The smallest absolute Gasteiger partial charge is 0.274 e. The minimum Gasteiger partial charge on any atom is -0.326 e. The lowest BCUT2D eigenvalue weighted by molar-refractivity contribution is -0.114. The van der Waals surface area contributed by atoms with Gasteiger partial charge in [0.05, 0.1) is 0 Å². The summed E-state index contributed by atoms with van der Waals surface area (Å²) in [6.45, 7) is 3.33. The summed E-state index contributed by atoms with van der Waals surface area (Å²) in [5.41, 5.74) is 2.56. The largest absolute Gasteiger partial charge is 0.326 e. The number of hydrogen-bond acceptors (Lipinski definition) is 3. The number of anilines is 2. The highest BCUT2D eigenvalue weighted by Gasteiger charge is 2.08. The molecular formula is C15H15N3O2. The van der Waals surface area contributed by atoms with Crippen LogP contribution in [0.4, 0.5) is 11.4 Å². The molecule has 0 unspecified atom stereocenters. The van der Waals surface area contributed by atoms with Gasteiger partial charge in [0, 0.05) is 24.5 Å². The molecule has 0 saturated heterocycles. The monoisotopic (exact) mass is 269 g/mol. The van der Waals surface area contributed by atoms with Gasteiger partial charge in [-0.15, -0.1) is 0 Å². The first-order valence-corrected chi connectivity index (χ1v) is 6.16. The molecule has 0 aliphatic rings. The van der Waals surface area contributed by atoms with E-state index in [1.807, 2.05) is 13.0 Å². The van der Waals surface area contributed by atoms with Crippen molar-refractivity contribution < 1.29 is 9.59 Å². The van der Waals surface area contributed by atoms with E-state index >= 15 is 0 Å². The molecule has 0 fully saturated rings. The highest BCUT2D eigenvalue weighted by Crippen LogP contribution is 2.15. The van der Waals surface area contributed by atoms with Crippen LogP contribution in [0.15, 0.2) is 42.6 Å². The van der Waals surface area contributed by atoms with Crippen molar-refractivity contribution in [3.63, 3.8) is 0 Å². The molecule has 2 rings (SSSR count). The van der Waals surface area contributed by atoms with Gasteiger partial charge in [-0.25, -0.2) is 0 Å². The maximum Gasteiger partial charge on any atom is 0.274 e. The van der Waals surface area contributed by atoms with Crippen LogP contribution in [-0.2, 0) is 4.79 Å². The highest BCUT2D eigenvalue weighted by atomic mass is 16.2. The second-order valence-electron chi connectivity index (χ2n) is 4.43. The molecule has 2 amide bonds. The van der Waals surface area contributed by atoms with Gasteiger partial charge in [0.1, 0.15) is 5.69 Å². The number of nitrogens with zero attached hydrogens (tertiary/aromatic N) is 1. The lowest BCUT2D eigenvalue weighted by Crippen LogP contribution is -2.14. The zero-order valence-corrected chi connectivity index (χ0v) is 11.3. The average Bonchev–Trinajstić information content (AvgIpc) is 2.38. The number of nitrogens with one attached hydrogen (secondary N) is 2. The van der Waals surface area contributed by atoms with Crippen molar-refractivity contribution >= 4 is 23.2 Å². The first kappa shape index (κ1) is 13.7. The zero-order valence-electron chi connectivity index (χ0n) is 11.3. The van der Waals surface area contributed by atoms with Crippen molar-refractivity contribution in [1.82, 2.24) is 4.98 Å². The van der Waals surface area contributed by atoms with Crippen LogP contribution in [-0.4, -0.2) is 16.8 Å². The van der Waals surface area contributed by atoms with Crippen LogP contribution in [0.25, 0.3) is 0 Å². The van der Waals surface area contributed by atoms with Crippen LogP contribution in [0.2, 0.25) is 0 Å². The van der Waals surface area contributed by atoms with E-state index in [4.69, 9.17) is 0 Å². The van der Waals surface area contributed by atoms with Crippen LogP contribution in [0.3, 0.4) is 0 Å². The van der Waals surface area contributed by atoms with E-state index < -0.39 is 0 Å². The number of aryl methyl sites for hydroxylation is 1. The van der Waals surface area contributed by atoms with E-state index in [0.717, 1.165) is 5.56 Å². The predicted octanol–water partition coefficient (Wildman–Crippen LogP) is 2.60. The molecule has 0 spiro atoms. The SMILES string of the molecule is CC(=O)Nc1cccc(NC(=O)c2cc(C)ccn2)c1. The van der Waals surface area contributed by atoms with Gasteiger partial charge in [-0.2, -0.15) is 0 Å². The number of amides is 2. The van der Waals surface area contributed by atoms with E-state index in [-0.39, 0.29) is 11.8 Å². The molecule has 5 heteroatoms. The number of carbonyl (C=O) groups is 2. The van der Waals surface area contributed by atoms with Gasteiger partial charge in [0.25, 0.3) is 5.91 Å². The summed E-state index contributed by atoms with van der Waals surface area (Å²) in [6.07, 6.45) is 1.60. The Kier molecular flexibility index (Phi) is 4.10. The minimum absolute atomic E-state index is 0.158. The standard InChI is InChI=1S/C15H15N3O2/c1-10-6-7-16-14(8-10)15(20)18-13-5-3-4-12(9-13)17-11(2)19/h3-9H,1-2H3,(H,17,19)(H,18,20). The number of pyridine rings is 1. The second-order valence-corrected chi connectivity index (χ2v) is 4.43. The lowest BCUT2D eigenvalue weighted by atomic mass is 10.2. The molecule has 2 N–H and O–H groups in total. The Balaban J connectivity index is 2.13. The Morgan fingerprint density at radius 3 is 2.40 bits per heavy atom. The Morgan fingerprint density at radius 2 is 1.75 bits per heavy atom. The molecule has 5 nitrogen and oxygen atoms in total. The lowest BCUT2D eigenvalue weighted by Gasteiger charge is -2.07. The first-order chi connectivity index (χ1) is 9.54. The first-order valence-electron chi connectivity index (χ1n) is 6.16. The maximum absolute atomic E-state index is 12.0. The second kappa shape index (κ2) is 5.97. The highest BCUT2D eigenvalue weighted by molar-refractivity contribution is 6.03. The third-order valence-corrected chi connectivity index (χ3v) is 2.59. The Morgan fingerprint density at radius 1 is 1.05 bits per heavy atom. The van der Waals surface area contributed by atoms with Crippen molar-refractivity contribution in [2.75, 3.05) is 10.6 Å². The van der Waals surface area contributed by atoms with E-state index in [9.17, 15) is 9.59 Å². The van der Waals surface area contributed by atoms with Gasteiger partial charge in [-0.3, -0.25) is 14.6 Å². The molecule has 0 aliphatic heterocycles. The fourth-order valence-electron chi connectivity index (χ4n) is 1.73.